The summed E-state index contributed by atoms with van der Waals surface area (Å²) in [5.74, 6) is 2.29. The molecular weight excluding hydrogens is 366 g/mol. The molecule has 3 unspecified atom stereocenters. The highest BCUT2D eigenvalue weighted by Gasteiger charge is 2.31. The zero-order chi connectivity index (χ0) is 22.0. The Morgan fingerprint density at radius 1 is 1.00 bits per heavy atom. The van der Waals surface area contributed by atoms with Gasteiger partial charge in [-0.05, 0) is 47.3 Å². The molecule has 1 aromatic rings. The Morgan fingerprint density at radius 2 is 1.59 bits per heavy atom. The second kappa shape index (κ2) is 12.3. The molecular formula is C24H37NO4. The average molecular weight is 404 g/mol. The molecule has 1 aromatic carbocycles. The van der Waals surface area contributed by atoms with Gasteiger partial charge in [0.1, 0.15) is 13.2 Å². The first-order valence-electron chi connectivity index (χ1n) is 10.5. The third kappa shape index (κ3) is 7.92. The van der Waals surface area contributed by atoms with Crippen LogP contribution in [0.25, 0.3) is 0 Å². The molecule has 0 aliphatic carbocycles. The predicted octanol–water partition coefficient (Wildman–Crippen LogP) is 6.02. The highest BCUT2D eigenvalue weighted by atomic mass is 16.6. The molecule has 3 atom stereocenters. The van der Waals surface area contributed by atoms with Crippen LogP contribution < -0.4 is 5.32 Å². The number of carbonyl (C=O) groups excluding carboxylic acids is 2. The molecule has 29 heavy (non-hydrogen) atoms. The largest absolute Gasteiger partial charge is 0.459 e. The van der Waals surface area contributed by atoms with Crippen molar-refractivity contribution < 1.29 is 19.1 Å². The summed E-state index contributed by atoms with van der Waals surface area (Å²) >= 11 is 0. The van der Waals surface area contributed by atoms with E-state index in [0.29, 0.717) is 35.3 Å². The Morgan fingerprint density at radius 3 is 2.07 bits per heavy atom. The lowest BCUT2D eigenvalue weighted by molar-refractivity contribution is -0.138. The summed E-state index contributed by atoms with van der Waals surface area (Å²) in [6, 6.07) is 8.03. The minimum Gasteiger partial charge on any atom is -0.459 e. The number of anilines is 1. The third-order valence-electron chi connectivity index (χ3n) is 5.47. The summed E-state index contributed by atoms with van der Waals surface area (Å²) < 4.78 is 9.78. The molecule has 0 fully saturated rings. The van der Waals surface area contributed by atoms with Crippen LogP contribution in [0.15, 0.2) is 36.9 Å². The molecule has 5 nitrogen and oxygen atoms in total. The molecule has 0 aromatic heterocycles. The molecule has 0 aliphatic heterocycles. The fourth-order valence-electron chi connectivity index (χ4n) is 4.03. The molecule has 5 heteroatoms. The van der Waals surface area contributed by atoms with Gasteiger partial charge >= 0.3 is 12.1 Å². The molecule has 0 heterocycles. The number of ether oxygens (including phenoxy) is 2. The Labute approximate surface area is 175 Å². The number of nitrogens with one attached hydrogen (secondary N) is 1. The van der Waals surface area contributed by atoms with Gasteiger partial charge in [-0.2, -0.15) is 0 Å². The smallest absolute Gasteiger partial charge is 0.411 e. The van der Waals surface area contributed by atoms with Gasteiger partial charge in [-0.3, -0.25) is 5.32 Å². The Hall–Kier alpha value is -2.30. The van der Waals surface area contributed by atoms with Gasteiger partial charge in [-0.25, -0.2) is 9.59 Å². The highest BCUT2D eigenvalue weighted by molar-refractivity contribution is 5.84. The Bertz CT molecular complexity index is 651. The summed E-state index contributed by atoms with van der Waals surface area (Å²) in [6.45, 7) is 17.1. The second-order valence-electron chi connectivity index (χ2n) is 8.23. The number of esters is 1. The molecule has 1 rings (SSSR count). The summed E-state index contributed by atoms with van der Waals surface area (Å²) in [5.41, 5.74) is 1.98. The number of hydrogen-bond acceptors (Lipinski definition) is 4. The maximum absolute atomic E-state index is 11.9. The first kappa shape index (κ1) is 24.7. The van der Waals surface area contributed by atoms with Crippen LogP contribution in [0.1, 0.15) is 59.4 Å². The normalized spacial score (nSPS) is 14.2. The third-order valence-corrected chi connectivity index (χ3v) is 5.47. The SMILES string of the molecule is C=CC(=O)OCCOC(=O)Nc1ccc(C(C(C)C)C(C(C)C)C(C)CC)cc1. The van der Waals surface area contributed by atoms with Crippen LogP contribution in [-0.4, -0.2) is 25.3 Å². The van der Waals surface area contributed by atoms with E-state index in [2.05, 4.69) is 65.6 Å². The summed E-state index contributed by atoms with van der Waals surface area (Å²) in [7, 11) is 0. The van der Waals surface area contributed by atoms with Crippen LogP contribution in [-0.2, 0) is 14.3 Å². The summed E-state index contributed by atoms with van der Waals surface area (Å²) in [4.78, 5) is 22.8. The number of hydrogen-bond donors (Lipinski definition) is 1. The lowest BCUT2D eigenvalue weighted by atomic mass is 9.67. The van der Waals surface area contributed by atoms with Gasteiger partial charge < -0.3 is 9.47 Å². The Kier molecular flexibility index (Phi) is 10.5. The number of benzene rings is 1. The molecule has 0 saturated heterocycles. The quantitative estimate of drug-likeness (QED) is 0.279. The van der Waals surface area contributed by atoms with Crippen molar-refractivity contribution in [1.29, 1.82) is 0 Å². The van der Waals surface area contributed by atoms with Gasteiger partial charge in [-0.1, -0.05) is 66.7 Å². The van der Waals surface area contributed by atoms with Gasteiger partial charge in [0.15, 0.2) is 0 Å². The minimum absolute atomic E-state index is 0.000513. The van der Waals surface area contributed by atoms with Gasteiger partial charge in [0.05, 0.1) is 0 Å². The molecule has 1 amide bonds. The van der Waals surface area contributed by atoms with Crippen LogP contribution in [0.2, 0.25) is 0 Å². The molecule has 0 spiro atoms. The van der Waals surface area contributed by atoms with E-state index >= 15 is 0 Å². The van der Waals surface area contributed by atoms with Gasteiger partial charge in [-0.15, -0.1) is 0 Å². The molecule has 0 radical (unpaired) electrons. The molecule has 0 saturated carbocycles. The molecule has 1 N–H and O–H groups in total. The van der Waals surface area contributed by atoms with Crippen LogP contribution in [0.3, 0.4) is 0 Å². The average Bonchev–Trinajstić information content (AvgIpc) is 2.68. The van der Waals surface area contributed by atoms with E-state index in [0.717, 1.165) is 6.08 Å². The van der Waals surface area contributed by atoms with E-state index < -0.39 is 12.1 Å². The van der Waals surface area contributed by atoms with Gasteiger partial charge in [0, 0.05) is 11.8 Å². The van der Waals surface area contributed by atoms with Crippen molar-refractivity contribution in [3.63, 3.8) is 0 Å². The molecule has 0 bridgehead atoms. The number of rotatable bonds is 11. The van der Waals surface area contributed by atoms with Crippen LogP contribution in [0.4, 0.5) is 10.5 Å². The van der Waals surface area contributed by atoms with Crippen molar-refractivity contribution in [3.05, 3.63) is 42.5 Å². The van der Waals surface area contributed by atoms with Crippen molar-refractivity contribution in [2.24, 2.45) is 23.7 Å². The van der Waals surface area contributed by atoms with Crippen molar-refractivity contribution in [3.8, 4) is 0 Å². The van der Waals surface area contributed by atoms with E-state index in [1.165, 1.54) is 12.0 Å². The molecule has 0 aliphatic rings. The van der Waals surface area contributed by atoms with E-state index in [4.69, 9.17) is 9.47 Å². The Balaban J connectivity index is 2.75. The van der Waals surface area contributed by atoms with Crippen molar-refractivity contribution >= 4 is 17.7 Å². The van der Waals surface area contributed by atoms with Crippen molar-refractivity contribution in [2.45, 2.75) is 53.9 Å². The van der Waals surface area contributed by atoms with Gasteiger partial charge in [0.2, 0.25) is 0 Å². The standard InChI is InChI=1S/C24H37NO4/c1-8-18(7)22(16(3)4)23(17(5)6)19-10-12-20(13-11-19)25-24(27)29-15-14-28-21(26)9-2/h9-13,16-18,22-23H,2,8,14-15H2,1,3-7H3,(H,25,27). The maximum Gasteiger partial charge on any atom is 0.411 e. The topological polar surface area (TPSA) is 64.6 Å². The monoisotopic (exact) mass is 403 g/mol. The van der Waals surface area contributed by atoms with E-state index in [1.54, 1.807) is 0 Å². The fraction of sp³-hybridized carbons (Fsp3) is 0.583. The lowest BCUT2D eigenvalue weighted by Gasteiger charge is -2.37. The van der Waals surface area contributed by atoms with E-state index in [9.17, 15) is 9.59 Å². The van der Waals surface area contributed by atoms with Crippen LogP contribution in [0.5, 0.6) is 0 Å². The summed E-state index contributed by atoms with van der Waals surface area (Å²) in [6.07, 6.45) is 1.66. The summed E-state index contributed by atoms with van der Waals surface area (Å²) in [5, 5.41) is 2.70. The molecule has 162 valence electrons. The van der Waals surface area contributed by atoms with Crippen LogP contribution >= 0.6 is 0 Å². The number of carbonyl (C=O) groups is 2. The highest BCUT2D eigenvalue weighted by Crippen LogP contribution is 2.41. The van der Waals surface area contributed by atoms with E-state index in [1.807, 2.05) is 12.1 Å². The van der Waals surface area contributed by atoms with Crippen LogP contribution in [0, 0.1) is 23.7 Å². The predicted molar refractivity (Wildman–Crippen MR) is 118 cm³/mol. The van der Waals surface area contributed by atoms with Gasteiger partial charge in [0.25, 0.3) is 0 Å². The second-order valence-corrected chi connectivity index (χ2v) is 8.23. The fourth-order valence-corrected chi connectivity index (χ4v) is 4.03. The van der Waals surface area contributed by atoms with Crippen molar-refractivity contribution in [2.75, 3.05) is 18.5 Å². The maximum atomic E-state index is 11.9. The van der Waals surface area contributed by atoms with E-state index in [-0.39, 0.29) is 13.2 Å². The lowest BCUT2D eigenvalue weighted by Crippen LogP contribution is -2.28. The first-order valence-corrected chi connectivity index (χ1v) is 10.5. The zero-order valence-electron chi connectivity index (χ0n) is 18.7. The first-order chi connectivity index (χ1) is 13.7. The number of amides is 1. The zero-order valence-corrected chi connectivity index (χ0v) is 18.7. The minimum atomic E-state index is -0.576. The van der Waals surface area contributed by atoms with Crippen molar-refractivity contribution in [1.82, 2.24) is 0 Å².